The summed E-state index contributed by atoms with van der Waals surface area (Å²) < 4.78 is 0. The molecule has 0 saturated heterocycles. The van der Waals surface area contributed by atoms with Crippen LogP contribution in [0.25, 0.3) is 0 Å². The minimum absolute atomic E-state index is 0.846. The standard InChI is InChI=1S/C23H36/c1-3-7-18-10-12-20(13-11-18)21-14-16-22(17-15-21)23-9-6-5-8-19(23)4-2/h5-6,8-9,18,20-22H,3-4,7,10-17H2,1-2H3. The fraction of sp³-hybridized carbons (Fsp3) is 0.739. The van der Waals surface area contributed by atoms with Gasteiger partial charge in [0.2, 0.25) is 0 Å². The molecular weight excluding hydrogens is 276 g/mol. The molecule has 2 aliphatic carbocycles. The van der Waals surface area contributed by atoms with Gasteiger partial charge in [-0.2, -0.15) is 0 Å². The molecule has 3 rings (SSSR count). The maximum atomic E-state index is 2.40. The normalized spacial score (nSPS) is 31.9. The van der Waals surface area contributed by atoms with Crippen LogP contribution in [0.15, 0.2) is 24.3 Å². The molecule has 1 aromatic carbocycles. The van der Waals surface area contributed by atoms with Crippen molar-refractivity contribution in [3.8, 4) is 0 Å². The minimum atomic E-state index is 0.846. The zero-order chi connectivity index (χ0) is 16.1. The highest BCUT2D eigenvalue weighted by atomic mass is 14.4. The van der Waals surface area contributed by atoms with Crippen molar-refractivity contribution in [2.75, 3.05) is 0 Å². The lowest BCUT2D eigenvalue weighted by molar-refractivity contribution is 0.156. The molecule has 0 aromatic heterocycles. The van der Waals surface area contributed by atoms with E-state index in [0.29, 0.717) is 0 Å². The third kappa shape index (κ3) is 4.20. The zero-order valence-electron chi connectivity index (χ0n) is 15.4. The quantitative estimate of drug-likeness (QED) is 0.542. The summed E-state index contributed by atoms with van der Waals surface area (Å²) in [7, 11) is 0. The largest absolute Gasteiger partial charge is 0.0654 e. The van der Waals surface area contributed by atoms with Gasteiger partial charge in [0, 0.05) is 0 Å². The smallest absolute Gasteiger partial charge is 0.0159 e. The number of benzene rings is 1. The van der Waals surface area contributed by atoms with Gasteiger partial charge in [-0.1, -0.05) is 63.8 Å². The lowest BCUT2D eigenvalue weighted by atomic mass is 9.67. The first kappa shape index (κ1) is 17.1. The molecule has 23 heavy (non-hydrogen) atoms. The van der Waals surface area contributed by atoms with Crippen LogP contribution in [-0.2, 0) is 6.42 Å². The van der Waals surface area contributed by atoms with E-state index in [0.717, 1.165) is 23.7 Å². The Morgan fingerprint density at radius 3 is 2.00 bits per heavy atom. The fourth-order valence-electron chi connectivity index (χ4n) is 5.51. The Morgan fingerprint density at radius 1 is 0.783 bits per heavy atom. The molecule has 0 radical (unpaired) electrons. The van der Waals surface area contributed by atoms with E-state index in [9.17, 15) is 0 Å². The highest BCUT2D eigenvalue weighted by molar-refractivity contribution is 5.30. The first-order valence-corrected chi connectivity index (χ1v) is 10.4. The summed E-state index contributed by atoms with van der Waals surface area (Å²) in [4.78, 5) is 0. The molecule has 0 amide bonds. The van der Waals surface area contributed by atoms with Gasteiger partial charge in [0.15, 0.2) is 0 Å². The number of hydrogen-bond acceptors (Lipinski definition) is 0. The van der Waals surface area contributed by atoms with Gasteiger partial charge in [-0.25, -0.2) is 0 Å². The van der Waals surface area contributed by atoms with Crippen molar-refractivity contribution in [3.05, 3.63) is 35.4 Å². The second kappa shape index (κ2) is 8.36. The Hall–Kier alpha value is -0.780. The van der Waals surface area contributed by atoms with E-state index in [1.807, 2.05) is 0 Å². The summed E-state index contributed by atoms with van der Waals surface area (Å²) in [6, 6.07) is 9.20. The van der Waals surface area contributed by atoms with E-state index in [2.05, 4.69) is 38.1 Å². The van der Waals surface area contributed by atoms with Crippen LogP contribution in [0.4, 0.5) is 0 Å². The Labute approximate surface area is 144 Å². The maximum Gasteiger partial charge on any atom is -0.0159 e. The minimum Gasteiger partial charge on any atom is -0.0654 e. The number of hydrogen-bond donors (Lipinski definition) is 0. The average Bonchev–Trinajstić information content (AvgIpc) is 2.63. The highest BCUT2D eigenvalue weighted by Gasteiger charge is 2.31. The van der Waals surface area contributed by atoms with E-state index in [-0.39, 0.29) is 0 Å². The number of aryl methyl sites for hydroxylation is 1. The van der Waals surface area contributed by atoms with E-state index >= 15 is 0 Å². The van der Waals surface area contributed by atoms with Crippen LogP contribution in [0.3, 0.4) is 0 Å². The van der Waals surface area contributed by atoms with Crippen LogP contribution in [0.5, 0.6) is 0 Å². The lowest BCUT2D eigenvalue weighted by Gasteiger charge is -2.38. The fourth-order valence-corrected chi connectivity index (χ4v) is 5.51. The maximum absolute atomic E-state index is 2.40. The van der Waals surface area contributed by atoms with Crippen molar-refractivity contribution in [2.45, 2.75) is 90.4 Å². The van der Waals surface area contributed by atoms with Crippen LogP contribution in [-0.4, -0.2) is 0 Å². The van der Waals surface area contributed by atoms with Crippen LogP contribution in [0.2, 0.25) is 0 Å². The van der Waals surface area contributed by atoms with E-state index in [1.165, 1.54) is 70.6 Å². The van der Waals surface area contributed by atoms with Crippen molar-refractivity contribution >= 4 is 0 Å². The Morgan fingerprint density at radius 2 is 1.39 bits per heavy atom. The monoisotopic (exact) mass is 312 g/mol. The molecule has 128 valence electrons. The van der Waals surface area contributed by atoms with Gasteiger partial charge in [-0.3, -0.25) is 0 Å². The second-order valence-corrected chi connectivity index (χ2v) is 8.23. The first-order chi connectivity index (χ1) is 11.3. The summed E-state index contributed by atoms with van der Waals surface area (Å²) >= 11 is 0. The van der Waals surface area contributed by atoms with Crippen molar-refractivity contribution < 1.29 is 0 Å². The van der Waals surface area contributed by atoms with Crippen molar-refractivity contribution in [1.29, 1.82) is 0 Å². The average molecular weight is 313 g/mol. The summed E-state index contributed by atoms with van der Waals surface area (Å²) in [5.41, 5.74) is 3.26. The van der Waals surface area contributed by atoms with Gasteiger partial charge < -0.3 is 0 Å². The molecule has 0 heterocycles. The van der Waals surface area contributed by atoms with Crippen LogP contribution in [0, 0.1) is 17.8 Å². The molecule has 0 heteroatoms. The highest BCUT2D eigenvalue weighted by Crippen LogP contribution is 2.44. The summed E-state index contributed by atoms with van der Waals surface area (Å²) in [5.74, 6) is 4.01. The zero-order valence-corrected chi connectivity index (χ0v) is 15.4. The van der Waals surface area contributed by atoms with Crippen LogP contribution >= 0.6 is 0 Å². The van der Waals surface area contributed by atoms with Gasteiger partial charge in [0.1, 0.15) is 0 Å². The second-order valence-electron chi connectivity index (χ2n) is 8.23. The first-order valence-electron chi connectivity index (χ1n) is 10.4. The van der Waals surface area contributed by atoms with Gasteiger partial charge >= 0.3 is 0 Å². The molecule has 0 nitrogen and oxygen atoms in total. The van der Waals surface area contributed by atoms with Crippen LogP contribution < -0.4 is 0 Å². The van der Waals surface area contributed by atoms with Crippen molar-refractivity contribution in [2.24, 2.45) is 17.8 Å². The predicted octanol–water partition coefficient (Wildman–Crippen LogP) is 7.13. The molecule has 0 spiro atoms. The van der Waals surface area contributed by atoms with Crippen molar-refractivity contribution in [3.63, 3.8) is 0 Å². The molecule has 0 atom stereocenters. The Balaban J connectivity index is 1.51. The van der Waals surface area contributed by atoms with Gasteiger partial charge in [-0.15, -0.1) is 0 Å². The third-order valence-corrected chi connectivity index (χ3v) is 6.90. The van der Waals surface area contributed by atoms with E-state index < -0.39 is 0 Å². The van der Waals surface area contributed by atoms with Gasteiger partial charge in [0.05, 0.1) is 0 Å². The molecule has 2 saturated carbocycles. The van der Waals surface area contributed by atoms with Gasteiger partial charge in [-0.05, 0) is 79.7 Å². The molecule has 2 aliphatic rings. The molecule has 1 aromatic rings. The van der Waals surface area contributed by atoms with E-state index in [1.54, 1.807) is 11.1 Å². The predicted molar refractivity (Wildman–Crippen MR) is 101 cm³/mol. The molecule has 0 unspecified atom stereocenters. The van der Waals surface area contributed by atoms with Crippen LogP contribution in [0.1, 0.15) is 95.1 Å². The number of rotatable bonds is 5. The molecule has 2 fully saturated rings. The molecule has 0 bridgehead atoms. The topological polar surface area (TPSA) is 0 Å². The van der Waals surface area contributed by atoms with E-state index in [4.69, 9.17) is 0 Å². The summed E-state index contributed by atoms with van der Waals surface area (Å²) in [5, 5.41) is 0. The SMILES string of the molecule is CCCC1CCC(C2CCC(c3ccccc3CC)CC2)CC1. The molecule has 0 aliphatic heterocycles. The van der Waals surface area contributed by atoms with Crippen molar-refractivity contribution in [1.82, 2.24) is 0 Å². The molecule has 0 N–H and O–H groups in total. The Bertz CT molecular complexity index is 459. The van der Waals surface area contributed by atoms with Gasteiger partial charge in [0.25, 0.3) is 0 Å². The third-order valence-electron chi connectivity index (χ3n) is 6.90. The summed E-state index contributed by atoms with van der Waals surface area (Å²) in [6.45, 7) is 4.65. The molecular formula is C23H36. The lowest BCUT2D eigenvalue weighted by Crippen LogP contribution is -2.25. The summed E-state index contributed by atoms with van der Waals surface area (Å²) in [6.07, 6.45) is 16.0. The Kier molecular flexibility index (Phi) is 6.20.